The number of aldehydes is 1. The van der Waals surface area contributed by atoms with Crippen LogP contribution in [0.15, 0.2) is 34.8 Å². The van der Waals surface area contributed by atoms with E-state index in [-0.39, 0.29) is 0 Å². The van der Waals surface area contributed by atoms with Crippen LogP contribution in [-0.2, 0) is 13.0 Å². The summed E-state index contributed by atoms with van der Waals surface area (Å²) in [6, 6.07) is 9.08. The van der Waals surface area contributed by atoms with Crippen LogP contribution in [0.1, 0.15) is 21.5 Å². The Bertz CT molecular complexity index is 700. The van der Waals surface area contributed by atoms with Crippen molar-refractivity contribution in [1.82, 2.24) is 0 Å². The molecule has 0 aromatic heterocycles. The van der Waals surface area contributed by atoms with Crippen LogP contribution < -0.4 is 9.47 Å². The van der Waals surface area contributed by atoms with Gasteiger partial charge >= 0.3 is 0 Å². The molecule has 0 bridgehead atoms. The van der Waals surface area contributed by atoms with Gasteiger partial charge in [-0.1, -0.05) is 27.5 Å². The van der Waals surface area contributed by atoms with Gasteiger partial charge in [-0.2, -0.15) is 0 Å². The molecule has 0 saturated heterocycles. The molecule has 3 rings (SSSR count). The van der Waals surface area contributed by atoms with Crippen molar-refractivity contribution in [1.29, 1.82) is 0 Å². The van der Waals surface area contributed by atoms with Crippen LogP contribution in [0.3, 0.4) is 0 Å². The Morgan fingerprint density at radius 1 is 1.33 bits per heavy atom. The Hall–Kier alpha value is -1.52. The van der Waals surface area contributed by atoms with Gasteiger partial charge in [0.2, 0.25) is 0 Å². The van der Waals surface area contributed by atoms with E-state index in [0.717, 1.165) is 34.1 Å². The second kappa shape index (κ2) is 6.08. The maximum Gasteiger partial charge on any atom is 0.153 e. The third-order valence-electron chi connectivity index (χ3n) is 3.31. The minimum absolute atomic E-state index is 0.311. The van der Waals surface area contributed by atoms with E-state index < -0.39 is 0 Å². The van der Waals surface area contributed by atoms with E-state index in [1.807, 2.05) is 18.2 Å². The van der Waals surface area contributed by atoms with Gasteiger partial charge in [0.25, 0.3) is 0 Å². The maximum absolute atomic E-state index is 11.1. The summed E-state index contributed by atoms with van der Waals surface area (Å²) in [5.74, 6) is 1.39. The van der Waals surface area contributed by atoms with Gasteiger partial charge in [-0.15, -0.1) is 0 Å². The van der Waals surface area contributed by atoms with Gasteiger partial charge in [0.15, 0.2) is 6.29 Å². The van der Waals surface area contributed by atoms with Gasteiger partial charge in [-0.3, -0.25) is 4.79 Å². The number of hydrogen-bond donors (Lipinski definition) is 0. The molecule has 1 heterocycles. The largest absolute Gasteiger partial charge is 0.493 e. The second-order valence-electron chi connectivity index (χ2n) is 4.74. The van der Waals surface area contributed by atoms with Crippen LogP contribution in [-0.4, -0.2) is 12.9 Å². The Labute approximate surface area is 136 Å². The third-order valence-corrected chi connectivity index (χ3v) is 4.02. The highest BCUT2D eigenvalue weighted by atomic mass is 79.9. The first-order valence-corrected chi connectivity index (χ1v) is 7.66. The van der Waals surface area contributed by atoms with Crippen LogP contribution in [0, 0.1) is 0 Å². The molecule has 5 heteroatoms. The van der Waals surface area contributed by atoms with E-state index in [9.17, 15) is 4.79 Å². The normalized spacial score (nSPS) is 12.7. The fourth-order valence-electron chi connectivity index (χ4n) is 2.35. The monoisotopic (exact) mass is 366 g/mol. The summed E-state index contributed by atoms with van der Waals surface area (Å²) in [6.07, 6.45) is 1.64. The van der Waals surface area contributed by atoms with E-state index in [2.05, 4.69) is 15.9 Å². The lowest BCUT2D eigenvalue weighted by Gasteiger charge is -2.12. The molecule has 0 unspecified atom stereocenters. The summed E-state index contributed by atoms with van der Waals surface area (Å²) in [4.78, 5) is 11.1. The van der Waals surface area contributed by atoms with Gasteiger partial charge in [0.05, 0.1) is 12.2 Å². The lowest BCUT2D eigenvalue weighted by molar-refractivity contribution is 0.111. The van der Waals surface area contributed by atoms with Gasteiger partial charge in [0.1, 0.15) is 18.1 Å². The zero-order chi connectivity index (χ0) is 14.8. The van der Waals surface area contributed by atoms with Gasteiger partial charge < -0.3 is 9.47 Å². The molecular formula is C16H12BrClO3. The number of fused-ring (bicyclic) bond motifs is 1. The van der Waals surface area contributed by atoms with Crippen LogP contribution in [0.25, 0.3) is 0 Å². The summed E-state index contributed by atoms with van der Waals surface area (Å²) >= 11 is 9.45. The Kier molecular flexibility index (Phi) is 4.17. The molecule has 2 aromatic rings. The third kappa shape index (κ3) is 3.06. The molecule has 21 heavy (non-hydrogen) atoms. The summed E-state index contributed by atoms with van der Waals surface area (Å²) in [5.41, 5.74) is 2.51. The molecule has 0 amide bonds. The first kappa shape index (κ1) is 14.4. The SMILES string of the molecule is O=Cc1cc(Br)ccc1OCc1cc(Cl)cc2c1OCC2. The zero-order valence-corrected chi connectivity index (χ0v) is 13.4. The molecule has 0 atom stereocenters. The average Bonchev–Trinajstić information content (AvgIpc) is 2.93. The first-order chi connectivity index (χ1) is 10.2. The van der Waals surface area contributed by atoms with E-state index in [4.69, 9.17) is 21.1 Å². The summed E-state index contributed by atoms with van der Waals surface area (Å²) in [6.45, 7) is 0.978. The van der Waals surface area contributed by atoms with Crippen molar-refractivity contribution >= 4 is 33.8 Å². The zero-order valence-electron chi connectivity index (χ0n) is 11.1. The van der Waals surface area contributed by atoms with Crippen molar-refractivity contribution in [2.75, 3.05) is 6.61 Å². The Morgan fingerprint density at radius 2 is 2.19 bits per heavy atom. The quantitative estimate of drug-likeness (QED) is 0.750. The number of halogens is 2. The summed E-state index contributed by atoms with van der Waals surface area (Å²) in [5, 5.41) is 0.671. The fourth-order valence-corrected chi connectivity index (χ4v) is 2.99. The van der Waals surface area contributed by atoms with Crippen molar-refractivity contribution < 1.29 is 14.3 Å². The van der Waals surface area contributed by atoms with Crippen molar-refractivity contribution in [2.45, 2.75) is 13.0 Å². The van der Waals surface area contributed by atoms with Crippen LogP contribution in [0.5, 0.6) is 11.5 Å². The minimum atomic E-state index is 0.311. The number of carbonyl (C=O) groups is 1. The standard InChI is InChI=1S/C16H12BrClO3/c17-13-1-2-15(11(5-13)8-19)21-9-12-7-14(18)6-10-3-4-20-16(10)12/h1-2,5-8H,3-4,9H2. The molecule has 3 nitrogen and oxygen atoms in total. The number of rotatable bonds is 4. The Balaban J connectivity index is 1.84. The fraction of sp³-hybridized carbons (Fsp3) is 0.188. The van der Waals surface area contributed by atoms with Crippen LogP contribution in [0.2, 0.25) is 5.02 Å². The Morgan fingerprint density at radius 3 is 3.00 bits per heavy atom. The van der Waals surface area contributed by atoms with Crippen LogP contribution in [0.4, 0.5) is 0 Å². The van der Waals surface area contributed by atoms with E-state index in [1.165, 1.54) is 0 Å². The summed E-state index contributed by atoms with van der Waals surface area (Å²) in [7, 11) is 0. The minimum Gasteiger partial charge on any atom is -0.493 e. The first-order valence-electron chi connectivity index (χ1n) is 6.49. The molecule has 0 N–H and O–H groups in total. The molecule has 1 aliphatic rings. The average molecular weight is 368 g/mol. The second-order valence-corrected chi connectivity index (χ2v) is 6.09. The molecule has 2 aromatic carbocycles. The predicted molar refractivity (Wildman–Crippen MR) is 84.5 cm³/mol. The predicted octanol–water partition coefficient (Wildman–Crippen LogP) is 4.43. The van der Waals surface area contributed by atoms with Crippen molar-refractivity contribution in [3.8, 4) is 11.5 Å². The van der Waals surface area contributed by atoms with Crippen molar-refractivity contribution in [2.24, 2.45) is 0 Å². The highest BCUT2D eigenvalue weighted by Crippen LogP contribution is 2.34. The lowest BCUT2D eigenvalue weighted by atomic mass is 10.1. The molecule has 108 valence electrons. The smallest absolute Gasteiger partial charge is 0.153 e. The lowest BCUT2D eigenvalue weighted by Crippen LogP contribution is -2.00. The van der Waals surface area contributed by atoms with Gasteiger partial charge in [0, 0.05) is 21.5 Å². The highest BCUT2D eigenvalue weighted by molar-refractivity contribution is 9.10. The molecule has 0 radical (unpaired) electrons. The van der Waals surface area contributed by atoms with Gasteiger partial charge in [-0.25, -0.2) is 0 Å². The van der Waals surface area contributed by atoms with E-state index in [1.54, 1.807) is 12.1 Å². The maximum atomic E-state index is 11.1. The number of benzene rings is 2. The molecular weight excluding hydrogens is 356 g/mol. The molecule has 0 aliphatic carbocycles. The highest BCUT2D eigenvalue weighted by Gasteiger charge is 2.18. The van der Waals surface area contributed by atoms with E-state index >= 15 is 0 Å². The van der Waals surface area contributed by atoms with Gasteiger partial charge in [-0.05, 0) is 35.9 Å². The topological polar surface area (TPSA) is 35.5 Å². The molecule has 0 spiro atoms. The van der Waals surface area contributed by atoms with E-state index in [0.29, 0.717) is 29.5 Å². The van der Waals surface area contributed by atoms with Crippen molar-refractivity contribution in [3.63, 3.8) is 0 Å². The number of ether oxygens (including phenoxy) is 2. The van der Waals surface area contributed by atoms with Crippen LogP contribution >= 0.6 is 27.5 Å². The number of carbonyl (C=O) groups excluding carboxylic acids is 1. The molecule has 0 fully saturated rings. The summed E-state index contributed by atoms with van der Waals surface area (Å²) < 4.78 is 12.2. The molecule has 0 saturated carbocycles. The molecule has 1 aliphatic heterocycles. The number of hydrogen-bond acceptors (Lipinski definition) is 3. The van der Waals surface area contributed by atoms with Crippen molar-refractivity contribution in [3.05, 3.63) is 56.5 Å².